The molecule has 0 atom stereocenters. The summed E-state index contributed by atoms with van der Waals surface area (Å²) in [7, 11) is -1.93. The minimum absolute atomic E-state index is 0.257. The zero-order chi connectivity index (χ0) is 9.90. The number of rotatable bonds is 3. The lowest BCUT2D eigenvalue weighted by molar-refractivity contribution is 0.588. The van der Waals surface area contributed by atoms with Gasteiger partial charge in [-0.2, -0.15) is 0 Å². The molecule has 0 radical (unpaired) electrons. The molecule has 0 aliphatic rings. The molecule has 0 unspecified atom stereocenters. The molecule has 0 saturated carbocycles. The van der Waals surface area contributed by atoms with E-state index in [1.54, 1.807) is 12.1 Å². The minimum Gasteiger partial charge on any atom is -0.326 e. The molecule has 0 bridgehead atoms. The van der Waals surface area contributed by atoms with E-state index in [0.717, 1.165) is 5.56 Å². The van der Waals surface area contributed by atoms with E-state index in [1.807, 2.05) is 0 Å². The van der Waals surface area contributed by atoms with Gasteiger partial charge < -0.3 is 5.73 Å². The van der Waals surface area contributed by atoms with Gasteiger partial charge in [0.25, 0.3) is 0 Å². The predicted molar refractivity (Wildman–Crippen MR) is 50.6 cm³/mol. The number of hydrogen-bond donors (Lipinski definition) is 2. The van der Waals surface area contributed by atoms with E-state index >= 15 is 0 Å². The molecule has 0 aliphatic heterocycles. The second kappa shape index (κ2) is 3.87. The van der Waals surface area contributed by atoms with Crippen molar-refractivity contribution in [2.45, 2.75) is 11.4 Å². The average molecular weight is 200 g/mol. The molecule has 0 aliphatic carbocycles. The molecule has 0 spiro atoms. The Hall–Kier alpha value is -0.910. The standard InChI is InChI=1S/C8H12N2O2S/c1-10-13(11,12)8-4-2-7(6-9)3-5-8/h2-5,10H,6,9H2,1H3. The van der Waals surface area contributed by atoms with Crippen LogP contribution in [0.5, 0.6) is 0 Å². The van der Waals surface area contributed by atoms with Crippen LogP contribution in [0.15, 0.2) is 29.2 Å². The molecule has 0 fully saturated rings. The van der Waals surface area contributed by atoms with Crippen molar-refractivity contribution < 1.29 is 8.42 Å². The van der Waals surface area contributed by atoms with Crippen molar-refractivity contribution in [1.29, 1.82) is 0 Å². The summed E-state index contributed by atoms with van der Waals surface area (Å²) in [6, 6.07) is 6.47. The second-order valence-electron chi connectivity index (χ2n) is 2.56. The Labute approximate surface area is 77.8 Å². The number of benzene rings is 1. The topological polar surface area (TPSA) is 72.2 Å². The summed E-state index contributed by atoms with van der Waals surface area (Å²) >= 11 is 0. The monoisotopic (exact) mass is 200 g/mol. The second-order valence-corrected chi connectivity index (χ2v) is 4.44. The Balaban J connectivity index is 3.06. The van der Waals surface area contributed by atoms with Gasteiger partial charge in [0.15, 0.2) is 0 Å². The normalized spacial score (nSPS) is 11.5. The Morgan fingerprint density at radius 1 is 1.31 bits per heavy atom. The van der Waals surface area contributed by atoms with Crippen molar-refractivity contribution in [2.24, 2.45) is 5.73 Å². The molecule has 3 N–H and O–H groups in total. The van der Waals surface area contributed by atoms with Crippen molar-refractivity contribution in [2.75, 3.05) is 7.05 Å². The number of sulfonamides is 1. The molecule has 1 aromatic carbocycles. The number of nitrogens with one attached hydrogen (secondary N) is 1. The minimum atomic E-state index is -3.31. The van der Waals surface area contributed by atoms with Crippen LogP contribution in [0.25, 0.3) is 0 Å². The van der Waals surface area contributed by atoms with Gasteiger partial charge in [-0.05, 0) is 24.7 Å². The molecule has 0 saturated heterocycles. The van der Waals surface area contributed by atoms with Gasteiger partial charge in [-0.3, -0.25) is 0 Å². The van der Waals surface area contributed by atoms with E-state index < -0.39 is 10.0 Å². The zero-order valence-electron chi connectivity index (χ0n) is 7.32. The summed E-state index contributed by atoms with van der Waals surface area (Å²) in [4.78, 5) is 0.257. The first-order valence-corrected chi connectivity index (χ1v) is 5.31. The first-order chi connectivity index (χ1) is 6.10. The van der Waals surface area contributed by atoms with Gasteiger partial charge in [0.2, 0.25) is 10.0 Å². The van der Waals surface area contributed by atoms with Crippen LogP contribution in [0, 0.1) is 0 Å². The summed E-state index contributed by atoms with van der Waals surface area (Å²) in [6.07, 6.45) is 0. The van der Waals surface area contributed by atoms with Crippen molar-refractivity contribution in [3.05, 3.63) is 29.8 Å². The molecule has 1 rings (SSSR count). The largest absolute Gasteiger partial charge is 0.326 e. The third-order valence-electron chi connectivity index (χ3n) is 1.74. The summed E-state index contributed by atoms with van der Waals surface area (Å²) in [5.41, 5.74) is 6.29. The van der Waals surface area contributed by atoms with Crippen LogP contribution in [0.1, 0.15) is 5.56 Å². The van der Waals surface area contributed by atoms with Gasteiger partial charge in [0, 0.05) is 6.54 Å². The molecule has 0 heterocycles. The molecular weight excluding hydrogens is 188 g/mol. The van der Waals surface area contributed by atoms with Crippen LogP contribution in [-0.4, -0.2) is 15.5 Å². The van der Waals surface area contributed by atoms with E-state index in [4.69, 9.17) is 5.73 Å². The summed E-state index contributed by atoms with van der Waals surface area (Å²) in [6.45, 7) is 0.417. The van der Waals surface area contributed by atoms with Crippen molar-refractivity contribution in [1.82, 2.24) is 4.72 Å². The Morgan fingerprint density at radius 3 is 2.23 bits per heavy atom. The highest BCUT2D eigenvalue weighted by Crippen LogP contribution is 2.09. The third kappa shape index (κ3) is 2.27. The number of nitrogens with two attached hydrogens (primary N) is 1. The molecule has 0 amide bonds. The van der Waals surface area contributed by atoms with E-state index in [1.165, 1.54) is 19.2 Å². The fourth-order valence-corrected chi connectivity index (χ4v) is 1.65. The smallest absolute Gasteiger partial charge is 0.240 e. The maximum absolute atomic E-state index is 11.3. The van der Waals surface area contributed by atoms with Gasteiger partial charge in [0.1, 0.15) is 0 Å². The zero-order valence-corrected chi connectivity index (χ0v) is 8.14. The van der Waals surface area contributed by atoms with Gasteiger partial charge >= 0.3 is 0 Å². The maximum atomic E-state index is 11.3. The van der Waals surface area contributed by atoms with E-state index in [2.05, 4.69) is 4.72 Å². The summed E-state index contributed by atoms with van der Waals surface area (Å²) in [5, 5.41) is 0. The first-order valence-electron chi connectivity index (χ1n) is 3.82. The van der Waals surface area contributed by atoms with Crippen LogP contribution in [0.4, 0.5) is 0 Å². The Morgan fingerprint density at radius 2 is 1.85 bits per heavy atom. The van der Waals surface area contributed by atoms with Gasteiger partial charge in [0.05, 0.1) is 4.90 Å². The molecule has 13 heavy (non-hydrogen) atoms. The lowest BCUT2D eigenvalue weighted by Gasteiger charge is -2.02. The van der Waals surface area contributed by atoms with Gasteiger partial charge in [-0.1, -0.05) is 12.1 Å². The van der Waals surface area contributed by atoms with Gasteiger partial charge in [-0.25, -0.2) is 13.1 Å². The molecule has 1 aromatic rings. The molecule has 72 valence electrons. The first kappa shape index (κ1) is 10.2. The summed E-state index contributed by atoms with van der Waals surface area (Å²) in [5.74, 6) is 0. The molecule has 5 heteroatoms. The lowest BCUT2D eigenvalue weighted by atomic mass is 10.2. The summed E-state index contributed by atoms with van der Waals surface area (Å²) < 4.78 is 24.8. The van der Waals surface area contributed by atoms with E-state index in [0.29, 0.717) is 6.54 Å². The fourth-order valence-electron chi connectivity index (χ4n) is 0.923. The van der Waals surface area contributed by atoms with Crippen molar-refractivity contribution in [3.8, 4) is 0 Å². The highest BCUT2D eigenvalue weighted by atomic mass is 32.2. The average Bonchev–Trinajstić information content (AvgIpc) is 2.18. The molecule has 4 nitrogen and oxygen atoms in total. The van der Waals surface area contributed by atoms with Crippen molar-refractivity contribution in [3.63, 3.8) is 0 Å². The maximum Gasteiger partial charge on any atom is 0.240 e. The van der Waals surface area contributed by atoms with Crippen LogP contribution >= 0.6 is 0 Å². The fraction of sp³-hybridized carbons (Fsp3) is 0.250. The Bertz CT molecular complexity index is 370. The van der Waals surface area contributed by atoms with Crippen LogP contribution in [-0.2, 0) is 16.6 Å². The van der Waals surface area contributed by atoms with Crippen molar-refractivity contribution >= 4 is 10.0 Å². The molecular formula is C8H12N2O2S. The highest BCUT2D eigenvalue weighted by Gasteiger charge is 2.09. The Kier molecular flexibility index (Phi) is 3.02. The van der Waals surface area contributed by atoms with E-state index in [9.17, 15) is 8.42 Å². The third-order valence-corrected chi connectivity index (χ3v) is 3.17. The molecule has 0 aromatic heterocycles. The van der Waals surface area contributed by atoms with Crippen LogP contribution < -0.4 is 10.5 Å². The SMILES string of the molecule is CNS(=O)(=O)c1ccc(CN)cc1. The van der Waals surface area contributed by atoms with Gasteiger partial charge in [-0.15, -0.1) is 0 Å². The predicted octanol–water partition coefficient (Wildman–Crippen LogP) is 0.0534. The van der Waals surface area contributed by atoms with E-state index in [-0.39, 0.29) is 4.90 Å². The lowest BCUT2D eigenvalue weighted by Crippen LogP contribution is -2.18. The van der Waals surface area contributed by atoms with Crippen LogP contribution in [0.3, 0.4) is 0 Å². The highest BCUT2D eigenvalue weighted by molar-refractivity contribution is 7.89. The number of hydrogen-bond acceptors (Lipinski definition) is 3. The van der Waals surface area contributed by atoms with Crippen LogP contribution in [0.2, 0.25) is 0 Å². The quantitative estimate of drug-likeness (QED) is 0.724.